The van der Waals surface area contributed by atoms with Crippen molar-refractivity contribution in [3.63, 3.8) is 0 Å². The molecule has 0 saturated heterocycles. The number of carbonyl (C=O) groups is 1. The molecule has 4 rings (SSSR count). The second-order valence-corrected chi connectivity index (χ2v) is 9.19. The highest BCUT2D eigenvalue weighted by Crippen LogP contribution is 2.50. The van der Waals surface area contributed by atoms with Gasteiger partial charge in [0, 0.05) is 27.0 Å². The smallest absolute Gasteiger partial charge is 0.372 e. The van der Waals surface area contributed by atoms with Gasteiger partial charge in [-0.05, 0) is 36.2 Å². The summed E-state index contributed by atoms with van der Waals surface area (Å²) in [5.41, 5.74) is 1.05. The van der Waals surface area contributed by atoms with E-state index in [4.69, 9.17) is 28.0 Å². The van der Waals surface area contributed by atoms with Gasteiger partial charge in [-0.25, -0.2) is 5.48 Å². The van der Waals surface area contributed by atoms with Crippen molar-refractivity contribution >= 4 is 46.3 Å². The van der Waals surface area contributed by atoms with Gasteiger partial charge in [-0.3, -0.25) is 9.63 Å². The quantitative estimate of drug-likeness (QED) is 0.599. The molecule has 1 unspecified atom stereocenters. The number of oxime groups is 1. The van der Waals surface area contributed by atoms with Crippen molar-refractivity contribution in [2.45, 2.75) is 38.2 Å². The molecule has 12 heteroatoms. The number of amidine groups is 1. The van der Waals surface area contributed by atoms with Gasteiger partial charge in [0.05, 0.1) is 25.0 Å². The highest BCUT2D eigenvalue weighted by atomic mass is 35.5. The minimum Gasteiger partial charge on any atom is -0.372 e. The largest absolute Gasteiger partial charge is 0.435 e. The Kier molecular flexibility index (Phi) is 5.61. The molecule has 1 amide bonds. The number of hydrogen-bond donors (Lipinski definition) is 1. The second kappa shape index (κ2) is 7.84. The molecule has 0 aliphatic carbocycles. The Balaban J connectivity index is 1.59. The molecule has 2 aliphatic rings. The van der Waals surface area contributed by atoms with Gasteiger partial charge in [-0.1, -0.05) is 28.4 Å². The predicted octanol–water partition coefficient (Wildman–Crippen LogP) is 5.16. The number of alkyl halides is 3. The Hall–Kier alpha value is -2.01. The van der Waals surface area contributed by atoms with Crippen LogP contribution in [0.15, 0.2) is 23.4 Å². The summed E-state index contributed by atoms with van der Waals surface area (Å²) in [5, 5.41) is 3.94. The third kappa shape index (κ3) is 3.75. The lowest BCUT2D eigenvalue weighted by Gasteiger charge is -2.30. The summed E-state index contributed by atoms with van der Waals surface area (Å²) in [4.78, 5) is 24.9. The number of hydroxylamine groups is 1. The molecule has 6 nitrogen and oxygen atoms in total. The van der Waals surface area contributed by atoms with Crippen molar-refractivity contribution in [2.24, 2.45) is 5.16 Å². The topological polar surface area (TPSA) is 63.2 Å². The van der Waals surface area contributed by atoms with Gasteiger partial charge in [-0.2, -0.15) is 13.2 Å². The van der Waals surface area contributed by atoms with Gasteiger partial charge < -0.3 is 9.74 Å². The van der Waals surface area contributed by atoms with E-state index in [0.29, 0.717) is 18.0 Å². The normalized spacial score (nSPS) is 20.5. The molecule has 2 aromatic rings. The lowest BCUT2D eigenvalue weighted by molar-refractivity contribution is -0.275. The number of halogens is 5. The number of carbonyl (C=O) groups excluding carboxylic acids is 1. The molecule has 1 aromatic heterocycles. The van der Waals surface area contributed by atoms with Crippen LogP contribution in [0.2, 0.25) is 10.0 Å². The van der Waals surface area contributed by atoms with Crippen LogP contribution in [-0.4, -0.2) is 29.9 Å². The van der Waals surface area contributed by atoms with Crippen molar-refractivity contribution in [1.29, 1.82) is 0 Å². The average Bonchev–Trinajstić information content (AvgIpc) is 3.35. The van der Waals surface area contributed by atoms with Crippen molar-refractivity contribution in [2.75, 3.05) is 7.11 Å². The van der Waals surface area contributed by atoms with E-state index >= 15 is 0 Å². The number of nitrogens with zero attached hydrogens (tertiary/aromatic N) is 2. The molecule has 3 heterocycles. The van der Waals surface area contributed by atoms with Crippen LogP contribution in [-0.2, 0) is 28.4 Å². The number of amides is 1. The second-order valence-electron chi connectivity index (χ2n) is 7.21. The summed E-state index contributed by atoms with van der Waals surface area (Å²) in [5.74, 6) is -0.194. The first-order valence-corrected chi connectivity index (χ1v) is 10.6. The van der Waals surface area contributed by atoms with E-state index in [2.05, 4.69) is 15.5 Å². The number of nitrogens with one attached hydrogen (secondary N) is 1. The molecule has 0 radical (unpaired) electrons. The van der Waals surface area contributed by atoms with Gasteiger partial charge in [-0.15, -0.1) is 11.3 Å². The first-order chi connectivity index (χ1) is 14.6. The predicted molar refractivity (Wildman–Crippen MR) is 110 cm³/mol. The molecular weight excluding hydrogens is 478 g/mol. The van der Waals surface area contributed by atoms with E-state index in [9.17, 15) is 18.0 Å². The van der Waals surface area contributed by atoms with Gasteiger partial charge in [0.25, 0.3) is 11.5 Å². The third-order valence-electron chi connectivity index (χ3n) is 5.31. The SMILES string of the molecule is CONC(=O)c1sc2c(c1C)CN(C1=NOC(c3cc(Cl)cc(Cl)c3)(C(F)(F)F)C1)C2. The summed E-state index contributed by atoms with van der Waals surface area (Å²) in [7, 11) is 1.34. The lowest BCUT2D eigenvalue weighted by Crippen LogP contribution is -2.43. The van der Waals surface area contributed by atoms with E-state index in [1.807, 2.05) is 0 Å². The van der Waals surface area contributed by atoms with Crippen LogP contribution in [0.1, 0.15) is 37.7 Å². The highest BCUT2D eigenvalue weighted by molar-refractivity contribution is 7.14. The summed E-state index contributed by atoms with van der Waals surface area (Å²) in [6, 6.07) is 3.72. The summed E-state index contributed by atoms with van der Waals surface area (Å²) < 4.78 is 42.4. The van der Waals surface area contributed by atoms with Crippen LogP contribution >= 0.6 is 34.5 Å². The molecule has 31 heavy (non-hydrogen) atoms. The maximum atomic E-state index is 14.1. The number of benzene rings is 1. The fourth-order valence-corrected chi connectivity index (χ4v) is 5.49. The van der Waals surface area contributed by atoms with Crippen LogP contribution in [0, 0.1) is 6.92 Å². The minimum absolute atomic E-state index is 0.0732. The standard InChI is InChI=1S/C19H16Cl2F3N3O3S/c1-9-13-7-27(8-14(13)31-16(9)17(28)26-29-2)15-6-18(30-25-15,19(22,23)24)10-3-11(20)5-12(21)4-10/h3-5H,6-8H2,1-2H3,(H,26,28). The first-order valence-electron chi connectivity index (χ1n) is 9.03. The van der Waals surface area contributed by atoms with Crippen LogP contribution in [0.25, 0.3) is 0 Å². The van der Waals surface area contributed by atoms with E-state index in [-0.39, 0.29) is 27.4 Å². The molecule has 1 aromatic carbocycles. The van der Waals surface area contributed by atoms with Crippen LogP contribution in [0.4, 0.5) is 13.2 Å². The number of fused-ring (bicyclic) bond motifs is 1. The fraction of sp³-hybridized carbons (Fsp3) is 0.368. The number of rotatable bonds is 3. The zero-order chi connectivity index (χ0) is 22.6. The molecular formula is C19H16Cl2F3N3O3S. The zero-order valence-electron chi connectivity index (χ0n) is 16.3. The van der Waals surface area contributed by atoms with Crippen molar-refractivity contribution in [1.82, 2.24) is 10.4 Å². The van der Waals surface area contributed by atoms with Crippen molar-refractivity contribution in [3.05, 3.63) is 54.7 Å². The molecule has 0 fully saturated rings. The molecule has 0 bridgehead atoms. The highest BCUT2D eigenvalue weighted by Gasteiger charge is 2.63. The fourth-order valence-electron chi connectivity index (χ4n) is 3.75. The van der Waals surface area contributed by atoms with Crippen LogP contribution < -0.4 is 5.48 Å². The monoisotopic (exact) mass is 493 g/mol. The van der Waals surface area contributed by atoms with E-state index in [1.54, 1.807) is 11.8 Å². The number of hydrogen-bond acceptors (Lipinski definition) is 6. The Bertz CT molecular complexity index is 1070. The molecule has 2 aliphatic heterocycles. The molecule has 0 spiro atoms. The van der Waals surface area contributed by atoms with Gasteiger partial charge in [0.1, 0.15) is 5.84 Å². The van der Waals surface area contributed by atoms with Gasteiger partial charge in [0.15, 0.2) is 0 Å². The third-order valence-corrected chi connectivity index (χ3v) is 7.06. The summed E-state index contributed by atoms with van der Waals surface area (Å²) >= 11 is 13.1. The van der Waals surface area contributed by atoms with E-state index in [0.717, 1.165) is 16.0 Å². The maximum absolute atomic E-state index is 14.1. The average molecular weight is 494 g/mol. The minimum atomic E-state index is -4.75. The Morgan fingerprint density at radius 1 is 1.29 bits per heavy atom. The Labute approximate surface area is 189 Å². The molecule has 1 N–H and O–H groups in total. The Morgan fingerprint density at radius 3 is 2.55 bits per heavy atom. The van der Waals surface area contributed by atoms with Crippen LogP contribution in [0.5, 0.6) is 0 Å². The van der Waals surface area contributed by atoms with E-state index in [1.165, 1.54) is 36.6 Å². The summed E-state index contributed by atoms with van der Waals surface area (Å²) in [6.45, 7) is 2.45. The maximum Gasteiger partial charge on any atom is 0.435 e. The van der Waals surface area contributed by atoms with Crippen LogP contribution in [0.3, 0.4) is 0 Å². The van der Waals surface area contributed by atoms with Gasteiger partial charge >= 0.3 is 6.18 Å². The first kappa shape index (κ1) is 22.2. The molecule has 166 valence electrons. The van der Waals surface area contributed by atoms with E-state index < -0.39 is 18.2 Å². The molecule has 0 saturated carbocycles. The van der Waals surface area contributed by atoms with Crippen molar-refractivity contribution < 1.29 is 27.6 Å². The number of thiophene rings is 1. The van der Waals surface area contributed by atoms with Crippen molar-refractivity contribution in [3.8, 4) is 0 Å². The van der Waals surface area contributed by atoms with Gasteiger partial charge in [0.2, 0.25) is 0 Å². The summed E-state index contributed by atoms with van der Waals surface area (Å²) in [6.07, 6.45) is -5.27. The molecule has 1 atom stereocenters. The zero-order valence-corrected chi connectivity index (χ0v) is 18.6. The Morgan fingerprint density at radius 2 is 1.97 bits per heavy atom. The lowest BCUT2D eigenvalue weighted by atomic mass is 9.89.